The molecule has 1 N–H and O–H groups in total. The minimum Gasteiger partial charge on any atom is -0.279 e. The van der Waals surface area contributed by atoms with Gasteiger partial charge in [0.05, 0.1) is 0 Å². The monoisotopic (exact) mass is 430 g/mol. The van der Waals surface area contributed by atoms with Gasteiger partial charge >= 0.3 is 15.6 Å². The topological polar surface area (TPSA) is 54.4 Å². The van der Waals surface area contributed by atoms with E-state index in [0.29, 0.717) is 0 Å². The minimum absolute atomic E-state index is 1.26. The number of rotatable bonds is 2. The normalized spacial score (nSPS) is 11.6. The van der Waals surface area contributed by atoms with E-state index in [1.54, 1.807) is 0 Å². The molecule has 0 aliphatic carbocycles. The van der Waals surface area contributed by atoms with Gasteiger partial charge in [-0.15, -0.1) is 0 Å². The van der Waals surface area contributed by atoms with E-state index in [2.05, 4.69) is 97.1 Å². The van der Waals surface area contributed by atoms with Gasteiger partial charge in [0.15, 0.2) is 0 Å². The smallest absolute Gasteiger partial charge is 0.279 e. The van der Waals surface area contributed by atoms with Crippen LogP contribution in [0.25, 0.3) is 33.0 Å². The van der Waals surface area contributed by atoms with E-state index in [-0.39, 0.29) is 0 Å². The van der Waals surface area contributed by atoms with Crippen molar-refractivity contribution >= 4 is 20.9 Å². The summed E-state index contributed by atoms with van der Waals surface area (Å²) in [5, 5.41) is 2.58. The van der Waals surface area contributed by atoms with Crippen LogP contribution < -0.4 is 0 Å². The average molecular weight is 430 g/mol. The lowest BCUT2D eigenvalue weighted by Gasteiger charge is -2.12. The third-order valence-electron chi connectivity index (χ3n) is 4.38. The van der Waals surface area contributed by atoms with Crippen LogP contribution in [0.3, 0.4) is 0 Å². The molecule has 0 fully saturated rings. The highest BCUT2D eigenvalue weighted by Gasteiger charge is 2.44. The lowest BCUT2D eigenvalue weighted by Crippen LogP contribution is -2.21. The van der Waals surface area contributed by atoms with Crippen molar-refractivity contribution in [2.75, 3.05) is 0 Å². The zero-order valence-electron chi connectivity index (χ0n) is 15.5. The quantitative estimate of drug-likeness (QED) is 0.289. The molecule has 30 heavy (non-hydrogen) atoms. The van der Waals surface area contributed by atoms with Crippen LogP contribution in [0.4, 0.5) is 13.2 Å². The Morgan fingerprint density at radius 2 is 1.07 bits per heavy atom. The summed E-state index contributed by atoms with van der Waals surface area (Å²) in [6, 6.07) is 34.3. The van der Waals surface area contributed by atoms with Crippen molar-refractivity contribution < 1.29 is 26.1 Å². The van der Waals surface area contributed by atoms with Crippen LogP contribution in [-0.2, 0) is 10.1 Å². The SMILES string of the molecule is O=S(=O)(O)C(F)(F)F.c1ccc(-c2ccccc2-c2cccc3ccccc23)cc1. The lowest BCUT2D eigenvalue weighted by atomic mass is 9.91. The van der Waals surface area contributed by atoms with Crippen LogP contribution >= 0.6 is 0 Å². The first-order valence-electron chi connectivity index (χ1n) is 8.85. The molecule has 3 nitrogen and oxygen atoms in total. The third kappa shape index (κ3) is 4.87. The van der Waals surface area contributed by atoms with Gasteiger partial charge in [-0.25, -0.2) is 0 Å². The molecule has 4 aromatic rings. The molecule has 0 saturated carbocycles. The van der Waals surface area contributed by atoms with E-state index < -0.39 is 15.6 Å². The predicted molar refractivity (Wildman–Crippen MR) is 112 cm³/mol. The number of halogens is 3. The zero-order chi connectivity index (χ0) is 21.8. The standard InChI is InChI=1S/C22H16.CHF3O3S/c1-2-9-17(10-3-1)19-14-6-7-15-21(19)22-16-8-12-18-11-4-5-13-20(18)22;2-1(3,4)8(5,6)7/h1-16H;(H,5,6,7). The molecular formula is C23H17F3O3S. The first-order chi connectivity index (χ1) is 14.2. The zero-order valence-corrected chi connectivity index (χ0v) is 16.4. The Balaban J connectivity index is 0.000000275. The second-order valence-electron chi connectivity index (χ2n) is 6.36. The molecule has 0 atom stereocenters. The summed E-state index contributed by atoms with van der Waals surface area (Å²) in [5.74, 6) is 0. The Kier molecular flexibility index (Phi) is 6.24. The van der Waals surface area contributed by atoms with Crippen molar-refractivity contribution in [2.45, 2.75) is 5.51 Å². The fourth-order valence-electron chi connectivity index (χ4n) is 3.05. The van der Waals surface area contributed by atoms with E-state index in [9.17, 15) is 13.2 Å². The van der Waals surface area contributed by atoms with E-state index in [4.69, 9.17) is 13.0 Å². The van der Waals surface area contributed by atoms with Crippen molar-refractivity contribution in [3.63, 3.8) is 0 Å². The Bertz CT molecular complexity index is 1250. The molecule has 0 heterocycles. The maximum atomic E-state index is 10.7. The summed E-state index contributed by atoms with van der Waals surface area (Å²) >= 11 is 0. The van der Waals surface area contributed by atoms with E-state index >= 15 is 0 Å². The van der Waals surface area contributed by atoms with Crippen molar-refractivity contribution in [1.82, 2.24) is 0 Å². The highest BCUT2D eigenvalue weighted by atomic mass is 32.2. The summed E-state index contributed by atoms with van der Waals surface area (Å²) < 4.78 is 57.5. The van der Waals surface area contributed by atoms with E-state index in [0.717, 1.165) is 0 Å². The number of benzene rings is 4. The highest BCUT2D eigenvalue weighted by Crippen LogP contribution is 2.35. The second kappa shape index (κ2) is 8.69. The number of hydrogen-bond donors (Lipinski definition) is 1. The van der Waals surface area contributed by atoms with Gasteiger partial charge < -0.3 is 0 Å². The largest absolute Gasteiger partial charge is 0.522 e. The van der Waals surface area contributed by atoms with Gasteiger partial charge in [0, 0.05) is 0 Å². The van der Waals surface area contributed by atoms with Gasteiger partial charge in [-0.1, -0.05) is 97.1 Å². The third-order valence-corrected chi connectivity index (χ3v) is 4.97. The lowest BCUT2D eigenvalue weighted by molar-refractivity contribution is -0.0510. The van der Waals surface area contributed by atoms with Gasteiger partial charge in [0.25, 0.3) is 0 Å². The molecule has 154 valence electrons. The summed E-state index contributed by atoms with van der Waals surface area (Å²) in [4.78, 5) is 0. The molecular weight excluding hydrogens is 413 g/mol. The molecule has 0 bridgehead atoms. The number of fused-ring (bicyclic) bond motifs is 1. The molecule has 4 aromatic carbocycles. The first kappa shape index (κ1) is 21.5. The first-order valence-corrected chi connectivity index (χ1v) is 10.3. The summed E-state index contributed by atoms with van der Waals surface area (Å²) in [5.41, 5.74) is -0.430. The van der Waals surface area contributed by atoms with Gasteiger partial charge in [-0.2, -0.15) is 21.6 Å². The molecule has 0 aliphatic heterocycles. The summed E-state index contributed by atoms with van der Waals surface area (Å²) in [6.45, 7) is 0. The Hall–Kier alpha value is -3.16. The molecule has 0 saturated heterocycles. The maximum absolute atomic E-state index is 10.7. The van der Waals surface area contributed by atoms with Gasteiger partial charge in [0.1, 0.15) is 0 Å². The molecule has 0 aliphatic rings. The molecule has 0 aromatic heterocycles. The summed E-state index contributed by atoms with van der Waals surface area (Å²) in [6.07, 6.45) is 0. The molecule has 0 spiro atoms. The number of alkyl halides is 3. The van der Waals surface area contributed by atoms with Crippen molar-refractivity contribution in [1.29, 1.82) is 0 Å². The van der Waals surface area contributed by atoms with Crippen molar-refractivity contribution in [3.8, 4) is 22.3 Å². The van der Waals surface area contributed by atoms with Gasteiger partial charge in [-0.05, 0) is 33.0 Å². The fourth-order valence-corrected chi connectivity index (χ4v) is 3.05. The molecule has 0 radical (unpaired) electrons. The predicted octanol–water partition coefficient (Wildman–Crippen LogP) is 6.57. The average Bonchev–Trinajstić information content (AvgIpc) is 2.73. The Morgan fingerprint density at radius 3 is 1.70 bits per heavy atom. The molecule has 4 rings (SSSR count). The van der Waals surface area contributed by atoms with Gasteiger partial charge in [-0.3, -0.25) is 4.55 Å². The van der Waals surface area contributed by atoms with Crippen LogP contribution in [0.5, 0.6) is 0 Å². The van der Waals surface area contributed by atoms with Crippen LogP contribution in [-0.4, -0.2) is 18.5 Å². The number of hydrogen-bond acceptors (Lipinski definition) is 2. The van der Waals surface area contributed by atoms with Gasteiger partial charge in [0.2, 0.25) is 0 Å². The summed E-state index contributed by atoms with van der Waals surface area (Å²) in [7, 11) is -5.84. The van der Waals surface area contributed by atoms with Crippen LogP contribution in [0.2, 0.25) is 0 Å². The van der Waals surface area contributed by atoms with Crippen molar-refractivity contribution in [3.05, 3.63) is 97.1 Å². The van der Waals surface area contributed by atoms with Crippen LogP contribution in [0, 0.1) is 0 Å². The second-order valence-corrected chi connectivity index (χ2v) is 7.77. The van der Waals surface area contributed by atoms with E-state index in [1.807, 2.05) is 0 Å². The maximum Gasteiger partial charge on any atom is 0.522 e. The highest BCUT2D eigenvalue weighted by molar-refractivity contribution is 7.86. The Morgan fingerprint density at radius 1 is 0.600 bits per heavy atom. The van der Waals surface area contributed by atoms with Crippen molar-refractivity contribution in [2.24, 2.45) is 0 Å². The molecule has 7 heteroatoms. The van der Waals surface area contributed by atoms with E-state index in [1.165, 1.54) is 33.0 Å². The molecule has 0 amide bonds. The van der Waals surface area contributed by atoms with Crippen LogP contribution in [0.1, 0.15) is 0 Å². The molecule has 0 unspecified atom stereocenters. The minimum atomic E-state index is -5.84. The van der Waals surface area contributed by atoms with Crippen LogP contribution in [0.15, 0.2) is 97.1 Å². The fraction of sp³-hybridized carbons (Fsp3) is 0.0435. The Labute approximate surface area is 172 Å².